The third-order valence-corrected chi connectivity index (χ3v) is 6.56. The van der Waals surface area contributed by atoms with E-state index < -0.39 is 5.97 Å². The number of fused-ring (bicyclic) bond motifs is 1. The number of piperidine rings is 1. The molecule has 5 rings (SSSR count). The zero-order valence-corrected chi connectivity index (χ0v) is 21.6. The number of aromatic nitrogens is 3. The second-order valence-electron chi connectivity index (χ2n) is 9.32. The van der Waals surface area contributed by atoms with Gasteiger partial charge in [0.15, 0.2) is 11.5 Å². The summed E-state index contributed by atoms with van der Waals surface area (Å²) in [4.78, 5) is 30.4. The van der Waals surface area contributed by atoms with E-state index in [1.165, 1.54) is 11.6 Å². The maximum atomic E-state index is 14.2. The molecule has 1 amide bonds. The highest BCUT2D eigenvalue weighted by molar-refractivity contribution is 6.07. The fraction of sp³-hybridized carbons (Fsp3) is 0.286. The number of carbonyl (C=O) groups excluding carboxylic acids is 1. The van der Waals surface area contributed by atoms with Gasteiger partial charge in [-0.25, -0.2) is 9.37 Å². The monoisotopic (exact) mass is 518 g/mol. The van der Waals surface area contributed by atoms with Crippen molar-refractivity contribution in [1.29, 1.82) is 0 Å². The Bertz CT molecular complexity index is 1410. The predicted molar refractivity (Wildman–Crippen MR) is 146 cm³/mol. The molecule has 1 aliphatic heterocycles. The molecule has 1 fully saturated rings. The molecule has 0 aliphatic carbocycles. The van der Waals surface area contributed by atoms with Gasteiger partial charge in [-0.1, -0.05) is 24.3 Å². The fourth-order valence-electron chi connectivity index (χ4n) is 4.45. The number of carbonyl (C=O) groups is 2. The van der Waals surface area contributed by atoms with Crippen LogP contribution in [0.3, 0.4) is 0 Å². The van der Waals surface area contributed by atoms with Crippen LogP contribution in [0.1, 0.15) is 41.6 Å². The van der Waals surface area contributed by atoms with Crippen molar-refractivity contribution >= 4 is 40.2 Å². The molecule has 1 aliphatic rings. The topological polar surface area (TPSA) is 114 Å². The maximum absolute atomic E-state index is 14.2. The van der Waals surface area contributed by atoms with E-state index in [0.29, 0.717) is 39.8 Å². The number of pyridine rings is 1. The number of para-hydroxylation sites is 1. The van der Waals surface area contributed by atoms with Crippen molar-refractivity contribution in [3.8, 4) is 0 Å². The number of nitrogens with zero attached hydrogens (tertiary/aromatic N) is 4. The van der Waals surface area contributed by atoms with E-state index in [1.54, 1.807) is 36.2 Å². The van der Waals surface area contributed by atoms with Gasteiger partial charge in [0.1, 0.15) is 11.6 Å². The molecule has 2 aromatic carbocycles. The standard InChI is InChI=1S/C26H27FN6O.C2H4O2/c1-32-15-13-18(14-16-32)17-7-9-19(10-8-17)26(34)29-25-20-11-12-23(28-24(20)30-31-25)33(2)22-6-4-3-5-21(22)27;1-2(3)4/h3-12,18H,13-16H2,1-2H3,(H2,28,29,30,31,34);1H3,(H,3,4). The quantitative estimate of drug-likeness (QED) is 0.340. The number of aliphatic carboxylic acids is 1. The predicted octanol–water partition coefficient (Wildman–Crippen LogP) is 5.02. The molecule has 38 heavy (non-hydrogen) atoms. The Balaban J connectivity index is 0.000000786. The highest BCUT2D eigenvalue weighted by Gasteiger charge is 2.19. The molecule has 3 heterocycles. The minimum atomic E-state index is -0.833. The van der Waals surface area contributed by atoms with Crippen molar-refractivity contribution in [1.82, 2.24) is 20.1 Å². The third kappa shape index (κ3) is 6.33. The summed E-state index contributed by atoms with van der Waals surface area (Å²) in [5.41, 5.74) is 2.79. The number of carboxylic acid groups (broad SMARTS) is 1. The van der Waals surface area contributed by atoms with Crippen LogP contribution < -0.4 is 10.2 Å². The number of halogens is 1. The summed E-state index contributed by atoms with van der Waals surface area (Å²) in [6, 6.07) is 18.0. The van der Waals surface area contributed by atoms with Gasteiger partial charge >= 0.3 is 0 Å². The normalized spacial score (nSPS) is 14.0. The van der Waals surface area contributed by atoms with E-state index in [0.717, 1.165) is 32.9 Å². The van der Waals surface area contributed by atoms with E-state index in [2.05, 4.69) is 44.6 Å². The van der Waals surface area contributed by atoms with Gasteiger partial charge in [0.2, 0.25) is 0 Å². The Morgan fingerprint density at radius 1 is 1.08 bits per heavy atom. The van der Waals surface area contributed by atoms with Crippen molar-refractivity contribution in [3.05, 3.63) is 77.6 Å². The summed E-state index contributed by atoms with van der Waals surface area (Å²) in [6.07, 6.45) is 2.28. The Kier molecular flexibility index (Phi) is 8.32. The summed E-state index contributed by atoms with van der Waals surface area (Å²) in [5.74, 6) is 0.129. The summed E-state index contributed by atoms with van der Waals surface area (Å²) in [7, 11) is 3.90. The second kappa shape index (κ2) is 11.8. The lowest BCUT2D eigenvalue weighted by atomic mass is 9.89. The van der Waals surface area contributed by atoms with Crippen LogP contribution in [0.4, 0.5) is 21.7 Å². The number of rotatable bonds is 5. The summed E-state index contributed by atoms with van der Waals surface area (Å²) in [5, 5.41) is 18.1. The molecule has 0 spiro atoms. The van der Waals surface area contributed by atoms with Crippen LogP contribution >= 0.6 is 0 Å². The molecule has 198 valence electrons. The number of carboxylic acids is 1. The van der Waals surface area contributed by atoms with Gasteiger partial charge in [0.05, 0.1) is 11.1 Å². The number of amides is 1. The summed E-state index contributed by atoms with van der Waals surface area (Å²) < 4.78 is 14.2. The molecule has 1 saturated heterocycles. The molecule has 2 aromatic heterocycles. The number of benzene rings is 2. The third-order valence-electron chi connectivity index (χ3n) is 6.56. The Morgan fingerprint density at radius 3 is 2.39 bits per heavy atom. The van der Waals surface area contributed by atoms with E-state index in [4.69, 9.17) is 9.90 Å². The van der Waals surface area contributed by atoms with Crippen LogP contribution in [0.5, 0.6) is 0 Å². The second-order valence-corrected chi connectivity index (χ2v) is 9.32. The van der Waals surface area contributed by atoms with Gasteiger partial charge in [-0.2, -0.15) is 5.10 Å². The number of hydrogen-bond donors (Lipinski definition) is 3. The lowest BCUT2D eigenvalue weighted by Gasteiger charge is -2.29. The average Bonchev–Trinajstić information content (AvgIpc) is 3.30. The number of aromatic amines is 1. The summed E-state index contributed by atoms with van der Waals surface area (Å²) in [6.45, 7) is 3.29. The van der Waals surface area contributed by atoms with Crippen molar-refractivity contribution in [3.63, 3.8) is 0 Å². The Morgan fingerprint density at radius 2 is 1.74 bits per heavy atom. The fourth-order valence-corrected chi connectivity index (χ4v) is 4.45. The molecule has 0 atom stereocenters. The zero-order valence-electron chi connectivity index (χ0n) is 21.6. The Labute approximate surface area is 220 Å². The smallest absolute Gasteiger partial charge is 0.300 e. The minimum Gasteiger partial charge on any atom is -0.481 e. The molecule has 0 unspecified atom stereocenters. The molecule has 0 bridgehead atoms. The molecule has 10 heteroatoms. The number of H-pyrrole nitrogens is 1. The molecule has 9 nitrogen and oxygen atoms in total. The van der Waals surface area contributed by atoms with Gasteiger partial charge in [-0.3, -0.25) is 14.7 Å². The molecular formula is C28H31FN6O3. The first-order valence-electron chi connectivity index (χ1n) is 12.4. The van der Waals surface area contributed by atoms with Gasteiger partial charge < -0.3 is 20.2 Å². The highest BCUT2D eigenvalue weighted by atomic mass is 19.1. The molecule has 3 N–H and O–H groups in total. The van der Waals surface area contributed by atoms with Crippen LogP contribution in [0.2, 0.25) is 0 Å². The first-order chi connectivity index (χ1) is 18.2. The first-order valence-corrected chi connectivity index (χ1v) is 12.4. The van der Waals surface area contributed by atoms with E-state index in [1.807, 2.05) is 18.2 Å². The van der Waals surface area contributed by atoms with E-state index in [9.17, 15) is 9.18 Å². The van der Waals surface area contributed by atoms with Crippen LogP contribution in [0, 0.1) is 5.82 Å². The van der Waals surface area contributed by atoms with Gasteiger partial charge in [0, 0.05) is 19.5 Å². The van der Waals surface area contributed by atoms with Crippen molar-refractivity contribution < 1.29 is 19.1 Å². The van der Waals surface area contributed by atoms with Gasteiger partial charge in [-0.15, -0.1) is 0 Å². The highest BCUT2D eigenvalue weighted by Crippen LogP contribution is 2.29. The van der Waals surface area contributed by atoms with E-state index in [-0.39, 0.29) is 11.7 Å². The molecule has 4 aromatic rings. The Hall–Kier alpha value is -4.31. The SMILES string of the molecule is CC(=O)O.CN1CCC(c2ccc(C(=O)Nc3n[nH]c4nc(N(C)c5ccccc5F)ccc34)cc2)CC1. The number of anilines is 3. The van der Waals surface area contributed by atoms with Crippen molar-refractivity contribution in [2.75, 3.05) is 37.4 Å². The van der Waals surface area contributed by atoms with Crippen molar-refractivity contribution in [2.45, 2.75) is 25.7 Å². The minimum absolute atomic E-state index is 0.226. The van der Waals surface area contributed by atoms with Crippen LogP contribution in [0.15, 0.2) is 60.7 Å². The van der Waals surface area contributed by atoms with Crippen LogP contribution in [0.25, 0.3) is 11.0 Å². The van der Waals surface area contributed by atoms with E-state index >= 15 is 0 Å². The van der Waals surface area contributed by atoms with Gasteiger partial charge in [0.25, 0.3) is 11.9 Å². The van der Waals surface area contributed by atoms with Crippen LogP contribution in [-0.4, -0.2) is 64.2 Å². The summed E-state index contributed by atoms with van der Waals surface area (Å²) >= 11 is 0. The zero-order chi connectivity index (χ0) is 27.2. The van der Waals surface area contributed by atoms with Crippen molar-refractivity contribution in [2.24, 2.45) is 0 Å². The lowest BCUT2D eigenvalue weighted by Crippen LogP contribution is -2.29. The first kappa shape index (κ1) is 26.7. The number of hydrogen-bond acceptors (Lipinski definition) is 6. The average molecular weight is 519 g/mol. The molecule has 0 radical (unpaired) electrons. The maximum Gasteiger partial charge on any atom is 0.300 e. The van der Waals surface area contributed by atoms with Gasteiger partial charge in [-0.05, 0) is 80.9 Å². The number of nitrogens with one attached hydrogen (secondary N) is 2. The lowest BCUT2D eigenvalue weighted by molar-refractivity contribution is -0.134. The molecular weight excluding hydrogens is 487 g/mol. The van der Waals surface area contributed by atoms with Crippen LogP contribution in [-0.2, 0) is 4.79 Å². The largest absolute Gasteiger partial charge is 0.481 e. The molecule has 0 saturated carbocycles. The number of likely N-dealkylation sites (tertiary alicyclic amines) is 1.